The largest absolute Gasteiger partial charge is 0.380 e. The number of hydrogen-bond acceptors (Lipinski definition) is 3. The predicted molar refractivity (Wildman–Crippen MR) is 80.2 cm³/mol. The van der Waals surface area contributed by atoms with Crippen molar-refractivity contribution in [2.24, 2.45) is 0 Å². The van der Waals surface area contributed by atoms with Gasteiger partial charge in [-0.3, -0.25) is 4.79 Å². The molecule has 2 N–H and O–H groups in total. The van der Waals surface area contributed by atoms with E-state index in [2.05, 4.69) is 10.6 Å². The Balaban J connectivity index is 1.95. The molecule has 1 aromatic carbocycles. The van der Waals surface area contributed by atoms with Crippen molar-refractivity contribution in [3.63, 3.8) is 0 Å². The number of carbonyl (C=O) groups is 1. The molecular weight excluding hydrogens is 299 g/mol. The van der Waals surface area contributed by atoms with Crippen LogP contribution in [0, 0.1) is 0 Å². The summed E-state index contributed by atoms with van der Waals surface area (Å²) >= 11 is 11.9. The summed E-state index contributed by atoms with van der Waals surface area (Å²) in [5.74, 6) is -0.0249. The quantitative estimate of drug-likeness (QED) is 0.897. The molecule has 0 spiro atoms. The molecule has 1 aliphatic rings. The van der Waals surface area contributed by atoms with Crippen molar-refractivity contribution >= 4 is 29.1 Å². The molecule has 20 heavy (non-hydrogen) atoms. The summed E-state index contributed by atoms with van der Waals surface area (Å²) in [4.78, 5) is 12.2. The van der Waals surface area contributed by atoms with Crippen molar-refractivity contribution in [3.8, 4) is 0 Å². The molecule has 4 nitrogen and oxygen atoms in total. The highest BCUT2D eigenvalue weighted by Gasteiger charge is 2.29. The zero-order valence-corrected chi connectivity index (χ0v) is 13.0. The van der Waals surface area contributed by atoms with Crippen molar-refractivity contribution < 1.29 is 9.53 Å². The van der Waals surface area contributed by atoms with Crippen LogP contribution in [0.1, 0.15) is 24.9 Å². The minimum atomic E-state index is -0.204. The Labute approximate surface area is 128 Å². The molecule has 1 aromatic rings. The first-order valence-corrected chi connectivity index (χ1v) is 7.28. The summed E-state index contributed by atoms with van der Waals surface area (Å²) in [6.07, 6.45) is 0.794. The second-order valence-electron chi connectivity index (χ2n) is 4.96. The van der Waals surface area contributed by atoms with E-state index < -0.39 is 0 Å². The lowest BCUT2D eigenvalue weighted by atomic mass is 10.1. The summed E-state index contributed by atoms with van der Waals surface area (Å²) < 4.78 is 5.24. The lowest BCUT2D eigenvalue weighted by molar-refractivity contribution is -0.123. The molecule has 2 rings (SSSR count). The molecule has 0 aromatic heterocycles. The molecule has 110 valence electrons. The first kappa shape index (κ1) is 15.6. The first-order chi connectivity index (χ1) is 9.51. The summed E-state index contributed by atoms with van der Waals surface area (Å²) in [6, 6.07) is 5.04. The number of carbonyl (C=O) groups excluding carboxylic acids is 1. The molecule has 1 fully saturated rings. The van der Waals surface area contributed by atoms with E-state index >= 15 is 0 Å². The van der Waals surface area contributed by atoms with Crippen LogP contribution in [0.5, 0.6) is 0 Å². The molecule has 3 unspecified atom stereocenters. The average Bonchev–Trinajstić information content (AvgIpc) is 2.90. The normalized spacial score (nSPS) is 23.6. The van der Waals surface area contributed by atoms with E-state index in [1.165, 1.54) is 0 Å². The topological polar surface area (TPSA) is 50.4 Å². The molecule has 1 aliphatic heterocycles. The molecule has 0 aliphatic carbocycles. The van der Waals surface area contributed by atoms with Crippen LogP contribution in [0.15, 0.2) is 18.2 Å². The van der Waals surface area contributed by atoms with Gasteiger partial charge in [-0.2, -0.15) is 0 Å². The fraction of sp³-hybridized carbons (Fsp3) is 0.500. The third kappa shape index (κ3) is 3.64. The van der Waals surface area contributed by atoms with E-state index in [0.29, 0.717) is 23.0 Å². The minimum Gasteiger partial charge on any atom is -0.380 e. The van der Waals surface area contributed by atoms with Gasteiger partial charge in [-0.05, 0) is 31.0 Å². The van der Waals surface area contributed by atoms with Gasteiger partial charge < -0.3 is 15.4 Å². The third-order valence-electron chi connectivity index (χ3n) is 3.54. The number of hydrogen-bond donors (Lipinski definition) is 2. The van der Waals surface area contributed by atoms with Gasteiger partial charge in [0.1, 0.15) is 0 Å². The number of nitrogens with one attached hydrogen (secondary N) is 2. The summed E-state index contributed by atoms with van der Waals surface area (Å²) in [5.41, 5.74) is 0.925. The second-order valence-corrected chi connectivity index (χ2v) is 5.77. The highest BCUT2D eigenvalue weighted by Crippen LogP contribution is 2.25. The van der Waals surface area contributed by atoms with E-state index in [0.717, 1.165) is 5.56 Å². The second kappa shape index (κ2) is 6.76. The van der Waals surface area contributed by atoms with Crippen molar-refractivity contribution in [1.29, 1.82) is 0 Å². The SMILES string of the molecule is COC1CNC(C(=O)NC(C)c2ccc(Cl)c(Cl)c2)C1. The molecular formula is C14H18Cl2N2O2. The Morgan fingerprint density at radius 1 is 1.45 bits per heavy atom. The Morgan fingerprint density at radius 2 is 2.20 bits per heavy atom. The van der Waals surface area contributed by atoms with Gasteiger partial charge in [0.25, 0.3) is 0 Å². The monoisotopic (exact) mass is 316 g/mol. The van der Waals surface area contributed by atoms with Crippen molar-refractivity contribution in [3.05, 3.63) is 33.8 Å². The van der Waals surface area contributed by atoms with Crippen LogP contribution in [0.2, 0.25) is 10.0 Å². The molecule has 0 bridgehead atoms. The Kier molecular flexibility index (Phi) is 5.27. The summed E-state index contributed by atoms with van der Waals surface area (Å²) in [6.45, 7) is 2.62. The van der Waals surface area contributed by atoms with Crippen LogP contribution in [-0.2, 0) is 9.53 Å². The van der Waals surface area contributed by atoms with Gasteiger partial charge in [-0.25, -0.2) is 0 Å². The number of rotatable bonds is 4. The molecule has 1 saturated heterocycles. The summed E-state index contributed by atoms with van der Waals surface area (Å²) in [7, 11) is 1.66. The van der Waals surface area contributed by atoms with Crippen LogP contribution < -0.4 is 10.6 Å². The van der Waals surface area contributed by atoms with E-state index in [1.54, 1.807) is 19.2 Å². The predicted octanol–water partition coefficient (Wildman–Crippen LogP) is 2.55. The van der Waals surface area contributed by atoms with Gasteiger partial charge in [0, 0.05) is 13.7 Å². The van der Waals surface area contributed by atoms with Crippen molar-refractivity contribution in [2.75, 3.05) is 13.7 Å². The minimum absolute atomic E-state index is 0.0249. The van der Waals surface area contributed by atoms with Crippen LogP contribution in [0.4, 0.5) is 0 Å². The van der Waals surface area contributed by atoms with Crippen molar-refractivity contribution in [1.82, 2.24) is 10.6 Å². The fourth-order valence-electron chi connectivity index (χ4n) is 2.26. The zero-order valence-electron chi connectivity index (χ0n) is 11.5. The Bertz CT molecular complexity index is 496. The maximum absolute atomic E-state index is 12.2. The fourth-order valence-corrected chi connectivity index (χ4v) is 2.57. The zero-order chi connectivity index (χ0) is 14.7. The lowest BCUT2D eigenvalue weighted by Crippen LogP contribution is -2.41. The van der Waals surface area contributed by atoms with Gasteiger partial charge >= 0.3 is 0 Å². The first-order valence-electron chi connectivity index (χ1n) is 6.52. The Hall–Kier alpha value is -0.810. The number of halogens is 2. The highest BCUT2D eigenvalue weighted by atomic mass is 35.5. The van der Waals surface area contributed by atoms with Gasteiger partial charge in [0.2, 0.25) is 5.91 Å². The lowest BCUT2D eigenvalue weighted by Gasteiger charge is -2.18. The maximum atomic E-state index is 12.2. The van der Waals surface area contributed by atoms with E-state index in [1.807, 2.05) is 13.0 Å². The number of methoxy groups -OCH3 is 1. The van der Waals surface area contributed by atoms with Crippen LogP contribution in [0.3, 0.4) is 0 Å². The molecule has 0 radical (unpaired) electrons. The van der Waals surface area contributed by atoms with Gasteiger partial charge in [-0.15, -0.1) is 0 Å². The third-order valence-corrected chi connectivity index (χ3v) is 4.28. The molecule has 1 amide bonds. The number of benzene rings is 1. The smallest absolute Gasteiger partial charge is 0.237 e. The van der Waals surface area contributed by atoms with E-state index in [-0.39, 0.29) is 24.1 Å². The van der Waals surface area contributed by atoms with Crippen molar-refractivity contribution in [2.45, 2.75) is 31.5 Å². The molecule has 1 heterocycles. The highest BCUT2D eigenvalue weighted by molar-refractivity contribution is 6.42. The molecule has 6 heteroatoms. The molecule has 0 saturated carbocycles. The van der Waals surface area contributed by atoms with Gasteiger partial charge in [0.15, 0.2) is 0 Å². The summed E-state index contributed by atoms with van der Waals surface area (Å²) in [5, 5.41) is 7.12. The average molecular weight is 317 g/mol. The van der Waals surface area contributed by atoms with Gasteiger partial charge in [0.05, 0.1) is 28.2 Å². The van der Waals surface area contributed by atoms with Crippen LogP contribution in [0.25, 0.3) is 0 Å². The maximum Gasteiger partial charge on any atom is 0.237 e. The van der Waals surface area contributed by atoms with Crippen LogP contribution >= 0.6 is 23.2 Å². The van der Waals surface area contributed by atoms with Gasteiger partial charge in [-0.1, -0.05) is 29.3 Å². The standard InChI is InChI=1S/C14H18Cl2N2O2/c1-8(9-3-4-11(15)12(16)5-9)18-14(19)13-6-10(20-2)7-17-13/h3-5,8,10,13,17H,6-7H2,1-2H3,(H,18,19). The molecule has 3 atom stereocenters. The van der Waals surface area contributed by atoms with Crippen LogP contribution in [-0.4, -0.2) is 31.7 Å². The number of amides is 1. The van der Waals surface area contributed by atoms with E-state index in [4.69, 9.17) is 27.9 Å². The van der Waals surface area contributed by atoms with E-state index in [9.17, 15) is 4.79 Å². The number of ether oxygens (including phenoxy) is 1. The Morgan fingerprint density at radius 3 is 2.80 bits per heavy atom.